The first kappa shape index (κ1) is 19.4. The Labute approximate surface area is 173 Å². The van der Waals surface area contributed by atoms with Gasteiger partial charge in [-0.2, -0.15) is 0 Å². The molecule has 2 heterocycles. The molecular formula is C22H22N2O4S. The number of ether oxygens (including phenoxy) is 2. The number of piperidine rings is 1. The van der Waals surface area contributed by atoms with Crippen LogP contribution in [0.3, 0.4) is 0 Å². The molecule has 0 saturated carbocycles. The molecule has 2 aromatic carbocycles. The molecule has 7 heteroatoms. The fourth-order valence-corrected chi connectivity index (χ4v) is 4.62. The van der Waals surface area contributed by atoms with E-state index >= 15 is 0 Å². The summed E-state index contributed by atoms with van der Waals surface area (Å²) in [6.07, 6.45) is 1.92. The van der Waals surface area contributed by atoms with Gasteiger partial charge in [0.05, 0.1) is 27.9 Å². The molecule has 3 aromatic rings. The number of nitrogens with zero attached hydrogens (tertiary/aromatic N) is 2. The minimum absolute atomic E-state index is 0.174. The first-order chi connectivity index (χ1) is 14.1. The van der Waals surface area contributed by atoms with E-state index in [2.05, 4.69) is 6.07 Å². The van der Waals surface area contributed by atoms with Gasteiger partial charge in [-0.1, -0.05) is 18.2 Å². The number of thiazole rings is 1. The van der Waals surface area contributed by atoms with Crippen LogP contribution in [0.5, 0.6) is 5.75 Å². The van der Waals surface area contributed by atoms with Gasteiger partial charge in [0, 0.05) is 19.0 Å². The maximum absolute atomic E-state index is 12.6. The lowest BCUT2D eigenvalue weighted by Gasteiger charge is -2.31. The number of para-hydroxylation sites is 1. The number of benzene rings is 2. The topological polar surface area (TPSA) is 68.7 Å². The van der Waals surface area contributed by atoms with Crippen molar-refractivity contribution in [3.8, 4) is 5.75 Å². The number of aromatic nitrogens is 1. The van der Waals surface area contributed by atoms with Crippen molar-refractivity contribution in [3.05, 3.63) is 59.1 Å². The van der Waals surface area contributed by atoms with Crippen molar-refractivity contribution in [1.29, 1.82) is 0 Å². The molecule has 1 amide bonds. The van der Waals surface area contributed by atoms with Crippen molar-refractivity contribution in [2.45, 2.75) is 18.8 Å². The zero-order valence-corrected chi connectivity index (χ0v) is 17.0. The second-order valence-corrected chi connectivity index (χ2v) is 8.07. The van der Waals surface area contributed by atoms with Gasteiger partial charge in [0.25, 0.3) is 5.91 Å². The molecule has 150 valence electrons. The molecule has 0 unspecified atom stereocenters. The number of carbonyl (C=O) groups is 2. The summed E-state index contributed by atoms with van der Waals surface area (Å²) in [6, 6.07) is 14.8. The predicted octanol–water partition coefficient (Wildman–Crippen LogP) is 3.87. The van der Waals surface area contributed by atoms with Crippen LogP contribution in [-0.4, -0.2) is 48.6 Å². The molecule has 1 aliphatic rings. The van der Waals surface area contributed by atoms with Crippen LogP contribution in [0, 0.1) is 0 Å². The van der Waals surface area contributed by atoms with Gasteiger partial charge >= 0.3 is 5.97 Å². The average Bonchev–Trinajstić information content (AvgIpc) is 3.22. The number of carbonyl (C=O) groups excluding carboxylic acids is 2. The number of hydrogen-bond donors (Lipinski definition) is 0. The first-order valence-electron chi connectivity index (χ1n) is 9.58. The van der Waals surface area contributed by atoms with Crippen LogP contribution in [0.1, 0.15) is 34.1 Å². The smallest absolute Gasteiger partial charge is 0.338 e. The fourth-order valence-electron chi connectivity index (χ4n) is 3.52. The summed E-state index contributed by atoms with van der Waals surface area (Å²) >= 11 is 1.69. The van der Waals surface area contributed by atoms with Gasteiger partial charge < -0.3 is 14.4 Å². The van der Waals surface area contributed by atoms with Crippen LogP contribution in [-0.2, 0) is 9.53 Å². The third-order valence-corrected chi connectivity index (χ3v) is 6.26. The van der Waals surface area contributed by atoms with E-state index in [1.54, 1.807) is 40.5 Å². The number of fused-ring (bicyclic) bond motifs is 1. The first-order valence-corrected chi connectivity index (χ1v) is 10.4. The van der Waals surface area contributed by atoms with Crippen molar-refractivity contribution in [3.63, 3.8) is 0 Å². The van der Waals surface area contributed by atoms with E-state index in [1.807, 2.05) is 18.2 Å². The highest BCUT2D eigenvalue weighted by molar-refractivity contribution is 7.18. The average molecular weight is 410 g/mol. The summed E-state index contributed by atoms with van der Waals surface area (Å²) in [5.74, 6) is 0.0868. The summed E-state index contributed by atoms with van der Waals surface area (Å²) in [4.78, 5) is 31.4. The largest absolute Gasteiger partial charge is 0.497 e. The van der Waals surface area contributed by atoms with Crippen LogP contribution < -0.4 is 4.74 Å². The van der Waals surface area contributed by atoms with Crippen LogP contribution in [0.2, 0.25) is 0 Å². The Balaban J connectivity index is 1.36. The molecule has 6 nitrogen and oxygen atoms in total. The molecule has 1 aromatic heterocycles. The highest BCUT2D eigenvalue weighted by Gasteiger charge is 2.27. The Morgan fingerprint density at radius 3 is 2.90 bits per heavy atom. The summed E-state index contributed by atoms with van der Waals surface area (Å²) < 4.78 is 11.5. The van der Waals surface area contributed by atoms with Crippen LogP contribution >= 0.6 is 11.3 Å². The van der Waals surface area contributed by atoms with Gasteiger partial charge in [-0.05, 0) is 43.2 Å². The van der Waals surface area contributed by atoms with Gasteiger partial charge in [0.15, 0.2) is 6.61 Å². The Bertz CT molecular complexity index is 999. The zero-order valence-electron chi connectivity index (χ0n) is 16.2. The lowest BCUT2D eigenvalue weighted by Crippen LogP contribution is -2.41. The Hall–Kier alpha value is -2.93. The summed E-state index contributed by atoms with van der Waals surface area (Å²) in [7, 11) is 1.53. The SMILES string of the molecule is COc1cccc(C(=O)OCC(=O)N2CCC[C@H](c3nc4ccccc4s3)C2)c1. The molecule has 29 heavy (non-hydrogen) atoms. The van der Waals surface area contributed by atoms with E-state index in [1.165, 1.54) is 7.11 Å². The lowest BCUT2D eigenvalue weighted by atomic mass is 9.99. The van der Waals surface area contributed by atoms with Crippen molar-refractivity contribution in [1.82, 2.24) is 9.88 Å². The van der Waals surface area contributed by atoms with Crippen LogP contribution in [0.25, 0.3) is 10.2 Å². The molecule has 0 aliphatic carbocycles. The molecule has 0 bridgehead atoms. The van der Waals surface area contributed by atoms with Gasteiger partial charge in [-0.3, -0.25) is 4.79 Å². The van der Waals surface area contributed by atoms with Crippen LogP contribution in [0.15, 0.2) is 48.5 Å². The number of rotatable bonds is 5. The number of likely N-dealkylation sites (tertiary alicyclic amines) is 1. The summed E-state index contributed by atoms with van der Waals surface area (Å²) in [5.41, 5.74) is 1.37. The molecule has 4 rings (SSSR count). The third-order valence-electron chi connectivity index (χ3n) is 5.07. The van der Waals surface area contributed by atoms with Gasteiger partial charge in [-0.15, -0.1) is 11.3 Å². The summed E-state index contributed by atoms with van der Waals surface area (Å²) in [6.45, 7) is 1.02. The minimum atomic E-state index is -0.531. The maximum atomic E-state index is 12.6. The van der Waals surface area contributed by atoms with Gasteiger partial charge in [0.1, 0.15) is 5.75 Å². The molecule has 0 radical (unpaired) electrons. The quantitative estimate of drug-likeness (QED) is 0.598. The van der Waals surface area contributed by atoms with Crippen molar-refractivity contribution in [2.24, 2.45) is 0 Å². The molecule has 1 atom stereocenters. The molecule has 1 fully saturated rings. The monoisotopic (exact) mass is 410 g/mol. The van der Waals surface area contributed by atoms with E-state index in [4.69, 9.17) is 14.5 Å². The normalized spacial score (nSPS) is 16.6. The Morgan fingerprint density at radius 1 is 1.21 bits per heavy atom. The van der Waals surface area contributed by atoms with E-state index in [0.29, 0.717) is 24.4 Å². The highest BCUT2D eigenvalue weighted by Crippen LogP contribution is 2.33. The van der Waals surface area contributed by atoms with E-state index < -0.39 is 5.97 Å². The predicted molar refractivity (Wildman–Crippen MR) is 111 cm³/mol. The van der Waals surface area contributed by atoms with E-state index in [9.17, 15) is 9.59 Å². The van der Waals surface area contributed by atoms with Gasteiger partial charge in [0.2, 0.25) is 0 Å². The number of hydrogen-bond acceptors (Lipinski definition) is 6. The molecule has 1 saturated heterocycles. The zero-order chi connectivity index (χ0) is 20.2. The number of methoxy groups -OCH3 is 1. The molecule has 1 aliphatic heterocycles. The second kappa shape index (κ2) is 8.61. The second-order valence-electron chi connectivity index (χ2n) is 7.01. The van der Waals surface area contributed by atoms with E-state index in [-0.39, 0.29) is 18.4 Å². The number of esters is 1. The van der Waals surface area contributed by atoms with Crippen LogP contribution in [0.4, 0.5) is 0 Å². The molecule has 0 N–H and O–H groups in total. The Kier molecular flexibility index (Phi) is 5.76. The molecule has 0 spiro atoms. The van der Waals surface area contributed by atoms with E-state index in [0.717, 1.165) is 28.1 Å². The van der Waals surface area contributed by atoms with Crippen molar-refractivity contribution >= 4 is 33.4 Å². The fraction of sp³-hybridized carbons (Fsp3) is 0.318. The molecular weight excluding hydrogens is 388 g/mol. The maximum Gasteiger partial charge on any atom is 0.338 e. The van der Waals surface area contributed by atoms with Gasteiger partial charge in [-0.25, -0.2) is 9.78 Å². The Morgan fingerprint density at radius 2 is 2.07 bits per heavy atom. The third kappa shape index (κ3) is 4.40. The number of amides is 1. The van der Waals surface area contributed by atoms with Crippen molar-refractivity contribution < 1.29 is 19.1 Å². The highest BCUT2D eigenvalue weighted by atomic mass is 32.1. The lowest BCUT2D eigenvalue weighted by molar-refractivity contribution is -0.135. The van der Waals surface area contributed by atoms with Crippen molar-refractivity contribution in [2.75, 3.05) is 26.8 Å². The summed E-state index contributed by atoms with van der Waals surface area (Å²) in [5, 5.41) is 1.07. The standard InChI is InChI=1S/C22H22N2O4S/c1-27-17-8-4-6-15(12-17)22(26)28-14-20(25)24-11-5-7-16(13-24)21-23-18-9-2-3-10-19(18)29-21/h2-4,6,8-10,12,16H,5,7,11,13-14H2,1H3/t16-/m0/s1. The minimum Gasteiger partial charge on any atom is -0.497 e.